The minimum Gasteiger partial charge on any atom is -0.469 e. The zero-order chi connectivity index (χ0) is 8.82. The Balaban J connectivity index is 2.11. The fourth-order valence-electron chi connectivity index (χ4n) is 2.72. The highest BCUT2D eigenvalue weighted by Gasteiger charge is 2.62. The molecule has 3 rings (SSSR count). The first kappa shape index (κ1) is 8.02. The van der Waals surface area contributed by atoms with E-state index in [1.54, 1.807) is 0 Å². The van der Waals surface area contributed by atoms with Crippen molar-refractivity contribution in [2.45, 2.75) is 37.8 Å². The first-order chi connectivity index (χ1) is 5.60. The van der Waals surface area contributed by atoms with Gasteiger partial charge in [-0.3, -0.25) is 4.79 Å². The van der Waals surface area contributed by atoms with Gasteiger partial charge in [-0.1, -0.05) is 0 Å². The van der Waals surface area contributed by atoms with E-state index in [0.717, 1.165) is 12.8 Å². The molecule has 0 unspecified atom stereocenters. The molecule has 3 aliphatic carbocycles. The molecule has 0 saturated heterocycles. The van der Waals surface area contributed by atoms with Gasteiger partial charge in [-0.2, -0.15) is 0 Å². The summed E-state index contributed by atoms with van der Waals surface area (Å²) in [6, 6.07) is 0. The molecule has 0 N–H and O–H groups in total. The van der Waals surface area contributed by atoms with Crippen LogP contribution in [-0.2, 0) is 9.53 Å². The van der Waals surface area contributed by atoms with E-state index in [1.165, 1.54) is 7.11 Å². The van der Waals surface area contributed by atoms with Crippen molar-refractivity contribution in [3.63, 3.8) is 0 Å². The predicted molar refractivity (Wildman–Crippen MR) is 41.4 cm³/mol. The molecule has 68 valence electrons. The van der Waals surface area contributed by atoms with Crippen molar-refractivity contribution in [3.8, 4) is 0 Å². The van der Waals surface area contributed by atoms with Crippen LogP contribution in [0.2, 0.25) is 0 Å². The van der Waals surface area contributed by atoms with Gasteiger partial charge in [0.1, 0.15) is 5.67 Å². The SMILES string of the molecule is COC(=O)C12CCCC(F)(C1)C2. The van der Waals surface area contributed by atoms with E-state index in [9.17, 15) is 9.18 Å². The predicted octanol–water partition coefficient (Wildman–Crippen LogP) is 1.83. The van der Waals surface area contributed by atoms with E-state index >= 15 is 0 Å². The highest BCUT2D eigenvalue weighted by molar-refractivity contribution is 5.78. The molecular formula is C9H13FO2. The standard InChI is InChI=1S/C9H13FO2/c1-12-7(11)8-3-2-4-9(10,5-8)6-8/h2-6H2,1H3. The van der Waals surface area contributed by atoms with Gasteiger partial charge in [0.05, 0.1) is 12.5 Å². The maximum absolute atomic E-state index is 13.5. The third kappa shape index (κ3) is 0.883. The number of halogens is 1. The van der Waals surface area contributed by atoms with Gasteiger partial charge in [0.25, 0.3) is 0 Å². The third-order valence-electron chi connectivity index (χ3n) is 3.21. The van der Waals surface area contributed by atoms with Crippen molar-refractivity contribution in [2.75, 3.05) is 7.11 Å². The van der Waals surface area contributed by atoms with Gasteiger partial charge in [0, 0.05) is 0 Å². The van der Waals surface area contributed by atoms with Crippen molar-refractivity contribution in [3.05, 3.63) is 0 Å². The Morgan fingerprint density at radius 1 is 1.42 bits per heavy atom. The molecule has 3 aliphatic rings. The van der Waals surface area contributed by atoms with Crippen LogP contribution in [0, 0.1) is 5.41 Å². The molecule has 0 atom stereocenters. The summed E-state index contributed by atoms with van der Waals surface area (Å²) in [5, 5.41) is 0. The Hall–Kier alpha value is -0.600. The number of ether oxygens (including phenoxy) is 1. The molecule has 2 nitrogen and oxygen atoms in total. The Labute approximate surface area is 71.1 Å². The topological polar surface area (TPSA) is 26.3 Å². The molecule has 2 bridgehead atoms. The minimum atomic E-state index is -1.04. The van der Waals surface area contributed by atoms with Gasteiger partial charge in [0.15, 0.2) is 0 Å². The lowest BCUT2D eigenvalue weighted by molar-refractivity contribution is -0.182. The van der Waals surface area contributed by atoms with Gasteiger partial charge in [0.2, 0.25) is 0 Å². The summed E-state index contributed by atoms with van der Waals surface area (Å²) < 4.78 is 18.1. The number of hydrogen-bond donors (Lipinski definition) is 0. The summed E-state index contributed by atoms with van der Waals surface area (Å²) in [4.78, 5) is 11.3. The van der Waals surface area contributed by atoms with E-state index in [1.807, 2.05) is 0 Å². The molecule has 0 aromatic heterocycles. The summed E-state index contributed by atoms with van der Waals surface area (Å²) in [6.45, 7) is 0. The highest BCUT2D eigenvalue weighted by atomic mass is 19.1. The number of esters is 1. The van der Waals surface area contributed by atoms with Crippen molar-refractivity contribution in [2.24, 2.45) is 5.41 Å². The van der Waals surface area contributed by atoms with Crippen LogP contribution in [0.15, 0.2) is 0 Å². The fraction of sp³-hybridized carbons (Fsp3) is 0.889. The van der Waals surface area contributed by atoms with Crippen molar-refractivity contribution >= 4 is 5.97 Å². The summed E-state index contributed by atoms with van der Waals surface area (Å²) in [5.74, 6) is -0.213. The van der Waals surface area contributed by atoms with Crippen LogP contribution in [0.4, 0.5) is 4.39 Å². The number of hydrogen-bond acceptors (Lipinski definition) is 2. The van der Waals surface area contributed by atoms with Crippen LogP contribution in [-0.4, -0.2) is 18.7 Å². The minimum absolute atomic E-state index is 0.213. The molecule has 3 saturated carbocycles. The van der Waals surface area contributed by atoms with Crippen LogP contribution in [0.3, 0.4) is 0 Å². The molecule has 0 aliphatic heterocycles. The van der Waals surface area contributed by atoms with E-state index in [-0.39, 0.29) is 5.97 Å². The molecule has 0 aromatic rings. The summed E-state index contributed by atoms with van der Waals surface area (Å²) in [6.07, 6.45) is 3.06. The van der Waals surface area contributed by atoms with Gasteiger partial charge in [-0.15, -0.1) is 0 Å². The second-order valence-corrected chi connectivity index (χ2v) is 4.13. The first-order valence-electron chi connectivity index (χ1n) is 4.38. The number of methoxy groups -OCH3 is 1. The lowest BCUT2D eigenvalue weighted by atomic mass is 9.52. The summed E-state index contributed by atoms with van der Waals surface area (Å²) >= 11 is 0. The molecular weight excluding hydrogens is 159 g/mol. The van der Waals surface area contributed by atoms with Crippen LogP contribution in [0.1, 0.15) is 32.1 Å². The van der Waals surface area contributed by atoms with E-state index in [0.29, 0.717) is 19.3 Å². The molecule has 0 amide bonds. The van der Waals surface area contributed by atoms with E-state index in [2.05, 4.69) is 4.74 Å². The van der Waals surface area contributed by atoms with Gasteiger partial charge in [-0.05, 0) is 32.1 Å². The van der Waals surface area contributed by atoms with Crippen molar-refractivity contribution in [1.82, 2.24) is 0 Å². The maximum Gasteiger partial charge on any atom is 0.312 e. The molecule has 12 heavy (non-hydrogen) atoms. The zero-order valence-corrected chi connectivity index (χ0v) is 7.23. The van der Waals surface area contributed by atoms with Crippen LogP contribution < -0.4 is 0 Å². The van der Waals surface area contributed by atoms with Crippen LogP contribution in [0.25, 0.3) is 0 Å². The number of alkyl halides is 1. The summed E-state index contributed by atoms with van der Waals surface area (Å²) in [5.41, 5.74) is -1.48. The van der Waals surface area contributed by atoms with Gasteiger partial charge < -0.3 is 4.74 Å². The Morgan fingerprint density at radius 3 is 2.58 bits per heavy atom. The molecule has 0 aromatic carbocycles. The summed E-state index contributed by atoms with van der Waals surface area (Å²) in [7, 11) is 1.38. The number of rotatable bonds is 1. The number of carbonyl (C=O) groups is 1. The lowest BCUT2D eigenvalue weighted by Gasteiger charge is -2.53. The van der Waals surface area contributed by atoms with Crippen LogP contribution >= 0.6 is 0 Å². The van der Waals surface area contributed by atoms with Crippen molar-refractivity contribution < 1.29 is 13.9 Å². The normalized spacial score (nSPS) is 44.8. The molecule has 0 heterocycles. The molecule has 0 radical (unpaired) electrons. The quantitative estimate of drug-likeness (QED) is 0.564. The Bertz CT molecular complexity index is 219. The average molecular weight is 172 g/mol. The van der Waals surface area contributed by atoms with E-state index in [4.69, 9.17) is 0 Å². The van der Waals surface area contributed by atoms with Crippen molar-refractivity contribution in [1.29, 1.82) is 0 Å². The van der Waals surface area contributed by atoms with Gasteiger partial charge >= 0.3 is 5.97 Å². The largest absolute Gasteiger partial charge is 0.469 e. The molecule has 3 heteroatoms. The molecule has 0 spiro atoms. The van der Waals surface area contributed by atoms with Gasteiger partial charge in [-0.25, -0.2) is 4.39 Å². The second kappa shape index (κ2) is 2.21. The highest BCUT2D eigenvalue weighted by Crippen LogP contribution is 2.60. The monoisotopic (exact) mass is 172 g/mol. The second-order valence-electron chi connectivity index (χ2n) is 4.13. The fourth-order valence-corrected chi connectivity index (χ4v) is 2.72. The first-order valence-corrected chi connectivity index (χ1v) is 4.38. The van der Waals surface area contributed by atoms with E-state index < -0.39 is 11.1 Å². The number of fused-ring (bicyclic) bond motifs is 2. The maximum atomic E-state index is 13.5. The number of carbonyl (C=O) groups excluding carboxylic acids is 1. The lowest BCUT2D eigenvalue weighted by Crippen LogP contribution is -2.56. The average Bonchev–Trinajstić information content (AvgIpc) is 2.01. The van der Waals surface area contributed by atoms with Crippen LogP contribution in [0.5, 0.6) is 0 Å². The Kier molecular flexibility index (Phi) is 1.48. The zero-order valence-electron chi connectivity index (χ0n) is 7.23. The Morgan fingerprint density at radius 2 is 2.08 bits per heavy atom. The third-order valence-corrected chi connectivity index (χ3v) is 3.21. The molecule has 3 fully saturated rings. The smallest absolute Gasteiger partial charge is 0.312 e.